The molecule has 1 atom stereocenters. The van der Waals surface area contributed by atoms with Crippen LogP contribution in [0.25, 0.3) is 15.9 Å². The summed E-state index contributed by atoms with van der Waals surface area (Å²) in [4.78, 5) is 8.88. The van der Waals surface area contributed by atoms with E-state index in [1.807, 2.05) is 27.1 Å². The van der Waals surface area contributed by atoms with Crippen LogP contribution >= 0.6 is 11.3 Å². The first kappa shape index (κ1) is 14.3. The minimum atomic E-state index is 0.142. The molecule has 0 amide bonds. The molecule has 1 unspecified atom stereocenters. The van der Waals surface area contributed by atoms with Gasteiger partial charge < -0.3 is 0 Å². The van der Waals surface area contributed by atoms with Gasteiger partial charge in [0.05, 0.1) is 27.6 Å². The Bertz CT molecular complexity index is 985. The maximum absolute atomic E-state index is 4.66. The van der Waals surface area contributed by atoms with Gasteiger partial charge in [0.2, 0.25) is 0 Å². The second-order valence-electron chi connectivity index (χ2n) is 6.08. The molecule has 0 fully saturated rings. The van der Waals surface area contributed by atoms with Crippen molar-refractivity contribution in [1.82, 2.24) is 19.5 Å². The Kier molecular flexibility index (Phi) is 3.34. The molecule has 5 nitrogen and oxygen atoms in total. The summed E-state index contributed by atoms with van der Waals surface area (Å²) in [7, 11) is 0. The quantitative estimate of drug-likeness (QED) is 0.543. The number of aromatic nitrogens is 5. The molecule has 0 saturated carbocycles. The highest BCUT2D eigenvalue weighted by molar-refractivity contribution is 7.16. The molecule has 0 aliphatic rings. The maximum Gasteiger partial charge on any atom is 0.283 e. The molecule has 3 heterocycles. The van der Waals surface area contributed by atoms with E-state index < -0.39 is 0 Å². The zero-order chi connectivity index (χ0) is 16.0. The summed E-state index contributed by atoms with van der Waals surface area (Å²) in [6.45, 7) is 6.44. The number of nitrogens with zero attached hydrogens (tertiary/aromatic N) is 5. The number of thiazole rings is 1. The van der Waals surface area contributed by atoms with Crippen molar-refractivity contribution in [2.75, 3.05) is 0 Å². The van der Waals surface area contributed by atoms with Gasteiger partial charge in [-0.15, -0.1) is 16.0 Å². The van der Waals surface area contributed by atoms with Crippen LogP contribution in [-0.2, 0) is 0 Å². The van der Waals surface area contributed by atoms with E-state index in [0.717, 1.165) is 16.9 Å². The van der Waals surface area contributed by atoms with Crippen molar-refractivity contribution in [2.45, 2.75) is 32.7 Å². The van der Waals surface area contributed by atoms with E-state index in [0.29, 0.717) is 5.92 Å². The van der Waals surface area contributed by atoms with E-state index in [2.05, 4.69) is 60.2 Å². The van der Waals surface area contributed by atoms with E-state index in [1.165, 1.54) is 10.3 Å². The maximum atomic E-state index is 4.66. The highest BCUT2D eigenvalue weighted by Crippen LogP contribution is 2.22. The summed E-state index contributed by atoms with van der Waals surface area (Å²) in [5.41, 5.74) is 6.06. The Balaban J connectivity index is 1.74. The topological polar surface area (TPSA) is 47.0 Å². The van der Waals surface area contributed by atoms with E-state index in [-0.39, 0.29) is 6.04 Å². The summed E-state index contributed by atoms with van der Waals surface area (Å²) in [6, 6.07) is 6.57. The van der Waals surface area contributed by atoms with Crippen LogP contribution in [0.3, 0.4) is 0 Å². The van der Waals surface area contributed by atoms with Crippen LogP contribution in [0.2, 0.25) is 0 Å². The summed E-state index contributed by atoms with van der Waals surface area (Å²) >= 11 is 1.67. The Hall–Kier alpha value is -2.34. The van der Waals surface area contributed by atoms with E-state index in [9.17, 15) is 0 Å². The minimum Gasteiger partial charge on any atom is -0.251 e. The molecule has 4 rings (SSSR count). The molecule has 6 heteroatoms. The fourth-order valence-electron chi connectivity index (χ4n) is 2.65. The van der Waals surface area contributed by atoms with Gasteiger partial charge >= 0.3 is 0 Å². The minimum absolute atomic E-state index is 0.142. The highest BCUT2D eigenvalue weighted by Gasteiger charge is 2.19. The highest BCUT2D eigenvalue weighted by atomic mass is 32.1. The van der Waals surface area contributed by atoms with Crippen molar-refractivity contribution in [3.05, 3.63) is 53.7 Å². The normalized spacial score (nSPS) is 13.2. The van der Waals surface area contributed by atoms with Gasteiger partial charge in [-0.05, 0) is 30.1 Å². The molecule has 23 heavy (non-hydrogen) atoms. The lowest BCUT2D eigenvalue weighted by Gasteiger charge is -2.05. The molecule has 0 aliphatic carbocycles. The lowest BCUT2D eigenvalue weighted by molar-refractivity contribution is -0.762. The first-order chi connectivity index (χ1) is 11.1. The summed E-state index contributed by atoms with van der Waals surface area (Å²) in [6.07, 6.45) is 5.92. The summed E-state index contributed by atoms with van der Waals surface area (Å²) < 4.78 is 5.24. The molecular weight excluding hydrogens is 306 g/mol. The largest absolute Gasteiger partial charge is 0.283 e. The van der Waals surface area contributed by atoms with Gasteiger partial charge in [-0.3, -0.25) is 4.98 Å². The third-order valence-electron chi connectivity index (χ3n) is 4.15. The zero-order valence-electron chi connectivity index (χ0n) is 13.3. The van der Waals surface area contributed by atoms with Crippen LogP contribution < -0.4 is 4.68 Å². The molecule has 0 saturated heterocycles. The Morgan fingerprint density at radius 3 is 2.87 bits per heavy atom. The van der Waals surface area contributed by atoms with Crippen molar-refractivity contribution in [1.29, 1.82) is 0 Å². The van der Waals surface area contributed by atoms with Gasteiger partial charge in [0, 0.05) is 5.56 Å². The molecule has 4 aromatic rings. The first-order valence-corrected chi connectivity index (χ1v) is 8.59. The smallest absolute Gasteiger partial charge is 0.251 e. The van der Waals surface area contributed by atoms with Crippen LogP contribution in [-0.4, -0.2) is 19.5 Å². The van der Waals surface area contributed by atoms with Crippen LogP contribution in [0.4, 0.5) is 0 Å². The third-order valence-corrected chi connectivity index (χ3v) is 4.96. The SMILES string of the molecule is CC(C)c1cn2c[n+](C(C)c3ccc4scnc4c3)nc2cn1. The number of benzene rings is 1. The Labute approximate surface area is 138 Å². The molecule has 0 N–H and O–H groups in total. The second kappa shape index (κ2) is 5.38. The van der Waals surface area contributed by atoms with E-state index in [1.54, 1.807) is 11.3 Å². The van der Waals surface area contributed by atoms with Crippen molar-refractivity contribution in [2.24, 2.45) is 0 Å². The van der Waals surface area contributed by atoms with Crippen LogP contribution in [0.15, 0.2) is 42.4 Å². The van der Waals surface area contributed by atoms with E-state index in [4.69, 9.17) is 0 Å². The van der Waals surface area contributed by atoms with Crippen molar-refractivity contribution in [3.63, 3.8) is 0 Å². The number of rotatable bonds is 3. The Morgan fingerprint density at radius 2 is 2.04 bits per heavy atom. The van der Waals surface area contributed by atoms with Gasteiger partial charge in [-0.2, -0.15) is 4.40 Å². The standard InChI is InChI=1S/C17H18N5S/c1-11(2)15-8-21-10-22(20-17(21)7-18-15)12(3)13-4-5-16-14(6-13)19-9-23-16/h4-12H,1-3H3/q+1. The van der Waals surface area contributed by atoms with Crippen molar-refractivity contribution < 1.29 is 4.68 Å². The van der Waals surface area contributed by atoms with Crippen LogP contribution in [0.1, 0.15) is 44.0 Å². The second-order valence-corrected chi connectivity index (χ2v) is 6.97. The van der Waals surface area contributed by atoms with Gasteiger partial charge in [-0.1, -0.05) is 19.9 Å². The molecule has 1 aromatic carbocycles. The number of fused-ring (bicyclic) bond motifs is 2. The molecule has 0 spiro atoms. The van der Waals surface area contributed by atoms with Gasteiger partial charge in [0.15, 0.2) is 0 Å². The average Bonchev–Trinajstić information content (AvgIpc) is 3.18. The predicted molar refractivity (Wildman–Crippen MR) is 90.7 cm³/mol. The number of hydrogen-bond donors (Lipinski definition) is 0. The van der Waals surface area contributed by atoms with Crippen molar-refractivity contribution in [3.8, 4) is 0 Å². The van der Waals surface area contributed by atoms with Crippen LogP contribution in [0, 0.1) is 0 Å². The summed E-state index contributed by atoms with van der Waals surface area (Å²) in [5, 5.41) is 4.66. The lowest BCUT2D eigenvalue weighted by atomic mass is 10.1. The molecule has 116 valence electrons. The molecule has 0 bridgehead atoms. The number of hydrogen-bond acceptors (Lipinski definition) is 4. The molecule has 3 aromatic heterocycles. The molecule has 0 radical (unpaired) electrons. The average molecular weight is 324 g/mol. The van der Waals surface area contributed by atoms with Gasteiger partial charge in [0.1, 0.15) is 12.2 Å². The van der Waals surface area contributed by atoms with Gasteiger partial charge in [0.25, 0.3) is 12.0 Å². The first-order valence-electron chi connectivity index (χ1n) is 7.71. The molecular formula is C17H18N5S+. The fourth-order valence-corrected chi connectivity index (χ4v) is 3.31. The zero-order valence-corrected chi connectivity index (χ0v) is 14.2. The van der Waals surface area contributed by atoms with Crippen molar-refractivity contribution >= 4 is 27.2 Å². The summed E-state index contributed by atoms with van der Waals surface area (Å²) in [5.74, 6) is 0.403. The monoisotopic (exact) mass is 324 g/mol. The van der Waals surface area contributed by atoms with Crippen LogP contribution in [0.5, 0.6) is 0 Å². The van der Waals surface area contributed by atoms with Gasteiger partial charge in [-0.25, -0.2) is 4.98 Å². The Morgan fingerprint density at radius 1 is 1.17 bits per heavy atom. The molecule has 0 aliphatic heterocycles. The lowest BCUT2D eigenvalue weighted by Crippen LogP contribution is -2.39. The predicted octanol–water partition coefficient (Wildman–Crippen LogP) is 3.36. The third kappa shape index (κ3) is 2.49. The fraction of sp³-hybridized carbons (Fsp3) is 0.294. The van der Waals surface area contributed by atoms with E-state index >= 15 is 0 Å².